The topological polar surface area (TPSA) is 60.5 Å². The molecule has 0 radical (unpaired) electrons. The summed E-state index contributed by atoms with van der Waals surface area (Å²) in [5, 5.41) is 4.70. The Balaban J connectivity index is 1.85. The highest BCUT2D eigenvalue weighted by Gasteiger charge is 2.23. The first-order chi connectivity index (χ1) is 9.74. The maximum Gasteiger partial charge on any atom is 0.257 e. The fourth-order valence-corrected chi connectivity index (χ4v) is 2.46. The number of nitrogens with one attached hydrogen (secondary N) is 1. The van der Waals surface area contributed by atoms with Gasteiger partial charge in [0.15, 0.2) is 6.10 Å². The smallest absolute Gasteiger partial charge is 0.257 e. The number of rotatable bonds is 2. The van der Waals surface area contributed by atoms with Gasteiger partial charge in [-0.3, -0.25) is 4.79 Å². The quantitative estimate of drug-likeness (QED) is 0.914. The lowest BCUT2D eigenvalue weighted by Gasteiger charge is -2.22. The van der Waals surface area contributed by atoms with Gasteiger partial charge in [-0.1, -0.05) is 15.9 Å². The summed E-state index contributed by atoms with van der Waals surface area (Å²) in [6, 6.07) is 7.71. The number of ether oxygens (including phenoxy) is 2. The van der Waals surface area contributed by atoms with Gasteiger partial charge in [-0.05, 0) is 29.7 Å². The van der Waals surface area contributed by atoms with E-state index in [0.29, 0.717) is 19.0 Å². The number of nitrogens with zero attached hydrogens (tertiary/aromatic N) is 1. The van der Waals surface area contributed by atoms with Crippen molar-refractivity contribution in [1.82, 2.24) is 4.98 Å². The maximum absolute atomic E-state index is 12.1. The van der Waals surface area contributed by atoms with Crippen molar-refractivity contribution in [3.8, 4) is 0 Å². The number of pyridine rings is 1. The molecule has 1 aromatic heterocycles. The number of anilines is 1. The van der Waals surface area contributed by atoms with Crippen LogP contribution >= 0.6 is 15.9 Å². The zero-order valence-corrected chi connectivity index (χ0v) is 12.2. The van der Waals surface area contributed by atoms with Crippen LogP contribution in [0.1, 0.15) is 0 Å². The Kier molecular flexibility index (Phi) is 3.95. The first-order valence-corrected chi connectivity index (χ1v) is 7.08. The highest BCUT2D eigenvalue weighted by Crippen LogP contribution is 2.24. The van der Waals surface area contributed by atoms with Crippen molar-refractivity contribution in [3.05, 3.63) is 34.9 Å². The predicted molar refractivity (Wildman–Crippen MR) is 78.6 cm³/mol. The van der Waals surface area contributed by atoms with E-state index in [-0.39, 0.29) is 12.5 Å². The molecular formula is C14H13BrN2O3. The average molecular weight is 337 g/mol. The minimum atomic E-state index is -0.573. The molecule has 1 saturated heterocycles. The zero-order chi connectivity index (χ0) is 13.9. The average Bonchev–Trinajstić information content (AvgIpc) is 2.48. The lowest BCUT2D eigenvalue weighted by molar-refractivity contribution is -0.142. The largest absolute Gasteiger partial charge is 0.376 e. The summed E-state index contributed by atoms with van der Waals surface area (Å²) in [4.78, 5) is 16.3. The molecule has 2 aromatic rings. The number of benzene rings is 1. The van der Waals surface area contributed by atoms with Crippen LogP contribution in [0, 0.1) is 0 Å². The van der Waals surface area contributed by atoms with Crippen LogP contribution in [0.5, 0.6) is 0 Å². The minimum Gasteiger partial charge on any atom is -0.376 e. The van der Waals surface area contributed by atoms with E-state index >= 15 is 0 Å². The Bertz CT molecular complexity index is 641. The van der Waals surface area contributed by atoms with Gasteiger partial charge in [0.1, 0.15) is 5.82 Å². The fraction of sp³-hybridized carbons (Fsp3) is 0.286. The molecule has 3 rings (SSSR count). The zero-order valence-electron chi connectivity index (χ0n) is 10.6. The number of hydrogen-bond acceptors (Lipinski definition) is 4. The van der Waals surface area contributed by atoms with Crippen LogP contribution in [0.4, 0.5) is 5.82 Å². The molecule has 1 aliphatic heterocycles. The lowest BCUT2D eigenvalue weighted by atomic mass is 10.1. The molecule has 0 saturated carbocycles. The van der Waals surface area contributed by atoms with Gasteiger partial charge in [0.25, 0.3) is 5.91 Å². The Morgan fingerprint density at radius 3 is 3.05 bits per heavy atom. The summed E-state index contributed by atoms with van der Waals surface area (Å²) in [6.07, 6.45) is 1.10. The molecule has 0 spiro atoms. The normalized spacial score (nSPS) is 18.9. The van der Waals surface area contributed by atoms with Crippen LogP contribution in [-0.2, 0) is 14.3 Å². The molecule has 0 bridgehead atoms. The molecule has 6 heteroatoms. The molecule has 1 aliphatic rings. The lowest BCUT2D eigenvalue weighted by Crippen LogP contribution is -2.39. The fourth-order valence-electron chi connectivity index (χ4n) is 2.08. The van der Waals surface area contributed by atoms with Gasteiger partial charge < -0.3 is 14.8 Å². The number of hydrogen-bond donors (Lipinski definition) is 1. The Labute approximate surface area is 124 Å². The van der Waals surface area contributed by atoms with Gasteiger partial charge in [-0.2, -0.15) is 0 Å². The van der Waals surface area contributed by atoms with E-state index in [9.17, 15) is 4.79 Å². The number of halogens is 1. The third-order valence-corrected chi connectivity index (χ3v) is 3.57. The van der Waals surface area contributed by atoms with E-state index in [1.54, 1.807) is 6.20 Å². The van der Waals surface area contributed by atoms with Gasteiger partial charge >= 0.3 is 0 Å². The molecule has 20 heavy (non-hydrogen) atoms. The number of carbonyl (C=O) groups is 1. The summed E-state index contributed by atoms with van der Waals surface area (Å²) in [5.41, 5.74) is 0. The van der Waals surface area contributed by atoms with Crippen molar-refractivity contribution in [2.45, 2.75) is 6.10 Å². The van der Waals surface area contributed by atoms with E-state index < -0.39 is 6.10 Å². The predicted octanol–water partition coefficient (Wildman–Crippen LogP) is 2.35. The van der Waals surface area contributed by atoms with Crippen molar-refractivity contribution in [2.75, 3.05) is 25.1 Å². The third kappa shape index (κ3) is 2.82. The molecule has 5 nitrogen and oxygen atoms in total. The van der Waals surface area contributed by atoms with E-state index in [2.05, 4.69) is 26.2 Å². The molecule has 1 unspecified atom stereocenters. The second-order valence-electron chi connectivity index (χ2n) is 4.45. The van der Waals surface area contributed by atoms with Crippen LogP contribution < -0.4 is 5.32 Å². The van der Waals surface area contributed by atoms with Crippen molar-refractivity contribution >= 4 is 38.4 Å². The highest BCUT2D eigenvalue weighted by molar-refractivity contribution is 9.10. The third-order valence-electron chi connectivity index (χ3n) is 3.08. The molecule has 1 amide bonds. The monoisotopic (exact) mass is 336 g/mol. The summed E-state index contributed by atoms with van der Waals surface area (Å²) < 4.78 is 11.6. The number of fused-ring (bicyclic) bond motifs is 1. The van der Waals surface area contributed by atoms with Crippen LogP contribution in [0.25, 0.3) is 10.8 Å². The summed E-state index contributed by atoms with van der Waals surface area (Å²) in [7, 11) is 0. The van der Waals surface area contributed by atoms with Crippen molar-refractivity contribution in [3.63, 3.8) is 0 Å². The van der Waals surface area contributed by atoms with Gasteiger partial charge in [-0.25, -0.2) is 4.98 Å². The van der Waals surface area contributed by atoms with Crippen LogP contribution in [0.15, 0.2) is 34.9 Å². The summed E-state index contributed by atoms with van der Waals surface area (Å²) >= 11 is 3.43. The Morgan fingerprint density at radius 1 is 1.35 bits per heavy atom. The van der Waals surface area contributed by atoms with Crippen molar-refractivity contribution < 1.29 is 14.3 Å². The van der Waals surface area contributed by atoms with E-state index in [0.717, 1.165) is 15.2 Å². The van der Waals surface area contributed by atoms with E-state index in [4.69, 9.17) is 9.47 Å². The molecule has 1 aromatic carbocycles. The highest BCUT2D eigenvalue weighted by atomic mass is 79.9. The molecule has 104 valence electrons. The van der Waals surface area contributed by atoms with Gasteiger partial charge in [0.2, 0.25) is 0 Å². The molecule has 1 fully saturated rings. The molecule has 1 N–H and O–H groups in total. The summed E-state index contributed by atoms with van der Waals surface area (Å²) in [6.45, 7) is 1.25. The molecular weight excluding hydrogens is 324 g/mol. The SMILES string of the molecule is O=C(Nc1nccc2cc(Br)ccc12)C1COCCO1. The van der Waals surface area contributed by atoms with Gasteiger partial charge in [-0.15, -0.1) is 0 Å². The van der Waals surface area contributed by atoms with Gasteiger partial charge in [0, 0.05) is 16.1 Å². The van der Waals surface area contributed by atoms with Crippen LogP contribution in [-0.4, -0.2) is 36.8 Å². The van der Waals surface area contributed by atoms with Crippen molar-refractivity contribution in [1.29, 1.82) is 0 Å². The van der Waals surface area contributed by atoms with E-state index in [1.165, 1.54) is 0 Å². The summed E-state index contributed by atoms with van der Waals surface area (Å²) in [5.74, 6) is 0.307. The van der Waals surface area contributed by atoms with Crippen LogP contribution in [0.2, 0.25) is 0 Å². The van der Waals surface area contributed by atoms with Crippen LogP contribution in [0.3, 0.4) is 0 Å². The number of aromatic nitrogens is 1. The Hall–Kier alpha value is -1.50. The molecule has 1 atom stereocenters. The second kappa shape index (κ2) is 5.87. The van der Waals surface area contributed by atoms with Crippen molar-refractivity contribution in [2.24, 2.45) is 0 Å². The Morgan fingerprint density at radius 2 is 2.25 bits per heavy atom. The standard InChI is InChI=1S/C14H13BrN2O3/c15-10-1-2-11-9(7-10)3-4-16-13(11)17-14(18)12-8-19-5-6-20-12/h1-4,7,12H,5-6,8H2,(H,16,17,18). The van der Waals surface area contributed by atoms with Gasteiger partial charge in [0.05, 0.1) is 19.8 Å². The molecule has 0 aliphatic carbocycles. The maximum atomic E-state index is 12.1. The molecule has 2 heterocycles. The minimum absolute atomic E-state index is 0.229. The number of amides is 1. The van der Waals surface area contributed by atoms with E-state index in [1.807, 2.05) is 24.3 Å². The first-order valence-electron chi connectivity index (χ1n) is 6.28. The number of carbonyl (C=O) groups excluding carboxylic acids is 1. The second-order valence-corrected chi connectivity index (χ2v) is 5.36. The first kappa shape index (κ1) is 13.5.